The third kappa shape index (κ3) is 1.72. The third-order valence-corrected chi connectivity index (χ3v) is 2.48. The summed E-state index contributed by atoms with van der Waals surface area (Å²) < 4.78 is 0. The van der Waals surface area contributed by atoms with Crippen LogP contribution in [0.5, 0.6) is 0 Å². The maximum atomic E-state index is 9.62. The predicted octanol–water partition coefficient (Wildman–Crippen LogP) is 1.95. The van der Waals surface area contributed by atoms with Gasteiger partial charge in [-0.15, -0.1) is 5.10 Å². The first-order chi connectivity index (χ1) is 8.34. The van der Waals surface area contributed by atoms with Gasteiger partial charge in [-0.3, -0.25) is 5.21 Å². The molecule has 2 aliphatic rings. The molecule has 0 amide bonds. The molecule has 2 aliphatic heterocycles. The number of fused-ring (bicyclic) bond motifs is 1. The number of hydroxylamine groups is 2. The van der Waals surface area contributed by atoms with Crippen molar-refractivity contribution in [1.29, 1.82) is 0 Å². The Kier molecular flexibility index (Phi) is 2.23. The average molecular weight is 226 g/mol. The topological polar surface area (TPSA) is 51.4 Å². The first kappa shape index (κ1) is 9.80. The van der Waals surface area contributed by atoms with E-state index in [0.29, 0.717) is 5.84 Å². The van der Waals surface area contributed by atoms with Gasteiger partial charge in [-0.25, -0.2) is 10.0 Å². The van der Waals surface area contributed by atoms with E-state index in [0.717, 1.165) is 16.3 Å². The Bertz CT molecular complexity index is 545. The van der Waals surface area contributed by atoms with E-state index in [1.54, 1.807) is 11.2 Å². The minimum atomic E-state index is 0.464. The fourth-order valence-electron chi connectivity index (χ4n) is 1.65. The highest BCUT2D eigenvalue weighted by atomic mass is 16.5. The fraction of sp³-hybridized carbons (Fsp3) is 0. The lowest BCUT2D eigenvalue weighted by molar-refractivity contribution is 0.0690. The predicted molar refractivity (Wildman–Crippen MR) is 65.7 cm³/mol. The van der Waals surface area contributed by atoms with E-state index in [9.17, 15) is 5.21 Å². The number of para-hydroxylation sites is 1. The zero-order valence-electron chi connectivity index (χ0n) is 8.93. The van der Waals surface area contributed by atoms with Crippen molar-refractivity contribution < 1.29 is 5.21 Å². The molecule has 1 aromatic rings. The van der Waals surface area contributed by atoms with Gasteiger partial charge in [0.2, 0.25) is 0 Å². The summed E-state index contributed by atoms with van der Waals surface area (Å²) in [7, 11) is 0. The number of hydrazone groups is 1. The quantitative estimate of drug-likeness (QED) is 0.796. The van der Waals surface area contributed by atoms with Gasteiger partial charge in [-0.05, 0) is 18.2 Å². The second-order valence-corrected chi connectivity index (χ2v) is 3.61. The van der Waals surface area contributed by atoms with Crippen LogP contribution in [-0.2, 0) is 0 Å². The largest absolute Gasteiger partial charge is 0.281 e. The van der Waals surface area contributed by atoms with Gasteiger partial charge >= 0.3 is 0 Å². The highest BCUT2D eigenvalue weighted by Gasteiger charge is 2.19. The average Bonchev–Trinajstić information content (AvgIpc) is 2.40. The molecule has 0 aliphatic carbocycles. The lowest BCUT2D eigenvalue weighted by Gasteiger charge is -2.25. The van der Waals surface area contributed by atoms with Crippen LogP contribution in [0.1, 0.15) is 0 Å². The first-order valence-corrected chi connectivity index (χ1v) is 5.17. The Hall–Kier alpha value is -2.40. The molecule has 84 valence electrons. The lowest BCUT2D eigenvalue weighted by Crippen LogP contribution is -2.33. The van der Waals surface area contributed by atoms with Crippen molar-refractivity contribution in [3.05, 3.63) is 54.4 Å². The van der Waals surface area contributed by atoms with Gasteiger partial charge in [-0.2, -0.15) is 5.06 Å². The number of amidine groups is 1. The summed E-state index contributed by atoms with van der Waals surface area (Å²) in [6.45, 7) is 0. The van der Waals surface area contributed by atoms with Crippen LogP contribution in [0.3, 0.4) is 0 Å². The van der Waals surface area contributed by atoms with Gasteiger partial charge in [0.15, 0.2) is 5.84 Å². The molecule has 2 heterocycles. The Morgan fingerprint density at radius 2 is 1.94 bits per heavy atom. The molecule has 17 heavy (non-hydrogen) atoms. The number of anilines is 1. The summed E-state index contributed by atoms with van der Waals surface area (Å²) in [5.74, 6) is 0.464. The van der Waals surface area contributed by atoms with E-state index >= 15 is 0 Å². The Morgan fingerprint density at radius 3 is 2.76 bits per heavy atom. The van der Waals surface area contributed by atoms with Crippen molar-refractivity contribution in [2.45, 2.75) is 0 Å². The molecule has 5 nitrogen and oxygen atoms in total. The molecule has 3 rings (SSSR count). The highest BCUT2D eigenvalue weighted by molar-refractivity contribution is 6.07. The molecule has 0 radical (unpaired) electrons. The molecule has 1 aromatic carbocycles. The van der Waals surface area contributed by atoms with Crippen LogP contribution < -0.4 is 5.01 Å². The molecule has 1 N–H and O–H groups in total. The van der Waals surface area contributed by atoms with Gasteiger partial charge in [0.1, 0.15) is 6.34 Å². The van der Waals surface area contributed by atoms with Crippen molar-refractivity contribution >= 4 is 17.9 Å². The van der Waals surface area contributed by atoms with Gasteiger partial charge in [-0.1, -0.05) is 18.2 Å². The minimum Gasteiger partial charge on any atom is -0.281 e. The number of hydrogen-bond acceptors (Lipinski definition) is 5. The van der Waals surface area contributed by atoms with E-state index < -0.39 is 0 Å². The Balaban J connectivity index is 1.97. The van der Waals surface area contributed by atoms with Crippen molar-refractivity contribution in [3.8, 4) is 0 Å². The second kappa shape index (κ2) is 3.88. The summed E-state index contributed by atoms with van der Waals surface area (Å²) >= 11 is 0. The molecular formula is C12H10N4O. The monoisotopic (exact) mass is 226 g/mol. The highest BCUT2D eigenvalue weighted by Crippen LogP contribution is 2.21. The Morgan fingerprint density at radius 1 is 1.12 bits per heavy atom. The first-order valence-electron chi connectivity index (χ1n) is 5.17. The maximum Gasteiger partial charge on any atom is 0.188 e. The van der Waals surface area contributed by atoms with E-state index in [1.165, 1.54) is 6.34 Å². The molecule has 0 saturated carbocycles. The number of nitrogens with zero attached hydrogens (tertiary/aromatic N) is 4. The number of benzene rings is 1. The summed E-state index contributed by atoms with van der Waals surface area (Å²) in [6.07, 6.45) is 6.66. The van der Waals surface area contributed by atoms with Crippen LogP contribution in [0, 0.1) is 0 Å². The summed E-state index contributed by atoms with van der Waals surface area (Å²) in [4.78, 5) is 3.88. The standard InChI is InChI=1S/C12H10N4O/c17-16-9-13-8-10-6-7-15(14-12(10)16)11-4-2-1-3-5-11/h1-9,17H. The van der Waals surface area contributed by atoms with Crippen molar-refractivity contribution in [2.24, 2.45) is 10.1 Å². The smallest absolute Gasteiger partial charge is 0.188 e. The van der Waals surface area contributed by atoms with Gasteiger partial charge in [0.25, 0.3) is 0 Å². The summed E-state index contributed by atoms with van der Waals surface area (Å²) in [5, 5.41) is 16.6. The molecule has 0 fully saturated rings. The fourth-order valence-corrected chi connectivity index (χ4v) is 1.65. The zero-order valence-corrected chi connectivity index (χ0v) is 8.93. The number of aliphatic imine (C=N–C) groups is 1. The van der Waals surface area contributed by atoms with Crippen LogP contribution in [0.25, 0.3) is 0 Å². The van der Waals surface area contributed by atoms with Crippen LogP contribution >= 0.6 is 0 Å². The van der Waals surface area contributed by atoms with Crippen LogP contribution in [0.4, 0.5) is 5.69 Å². The number of hydrogen-bond donors (Lipinski definition) is 1. The van der Waals surface area contributed by atoms with Crippen molar-refractivity contribution in [3.63, 3.8) is 0 Å². The molecular weight excluding hydrogens is 216 g/mol. The van der Waals surface area contributed by atoms with E-state index in [2.05, 4.69) is 10.1 Å². The molecule has 0 bridgehead atoms. The summed E-state index contributed by atoms with van der Waals surface area (Å²) in [5.41, 5.74) is 1.72. The molecule has 0 saturated heterocycles. The lowest BCUT2D eigenvalue weighted by atomic mass is 10.2. The normalized spacial score (nSPS) is 17.7. The van der Waals surface area contributed by atoms with Crippen LogP contribution in [0.2, 0.25) is 0 Å². The van der Waals surface area contributed by atoms with Gasteiger partial charge in [0, 0.05) is 18.0 Å². The van der Waals surface area contributed by atoms with E-state index in [-0.39, 0.29) is 0 Å². The Labute approximate surface area is 98.3 Å². The molecule has 0 atom stereocenters. The maximum absolute atomic E-state index is 9.62. The van der Waals surface area contributed by atoms with Crippen molar-refractivity contribution in [2.75, 3.05) is 5.01 Å². The van der Waals surface area contributed by atoms with Gasteiger partial charge in [0.05, 0.1) is 5.69 Å². The van der Waals surface area contributed by atoms with E-state index in [1.807, 2.05) is 42.6 Å². The SMILES string of the molecule is ON1C=NC=C2C=CN(c3ccccc3)N=C21. The molecule has 5 heteroatoms. The summed E-state index contributed by atoms with van der Waals surface area (Å²) in [6, 6.07) is 9.71. The van der Waals surface area contributed by atoms with Gasteiger partial charge < -0.3 is 0 Å². The molecule has 0 unspecified atom stereocenters. The van der Waals surface area contributed by atoms with Crippen LogP contribution in [0.15, 0.2) is 64.5 Å². The minimum absolute atomic E-state index is 0.464. The molecule has 0 spiro atoms. The third-order valence-electron chi connectivity index (χ3n) is 2.48. The van der Waals surface area contributed by atoms with Crippen LogP contribution in [-0.4, -0.2) is 22.4 Å². The zero-order chi connectivity index (χ0) is 11.7. The number of rotatable bonds is 1. The van der Waals surface area contributed by atoms with Crippen molar-refractivity contribution in [1.82, 2.24) is 5.06 Å². The van der Waals surface area contributed by atoms with E-state index in [4.69, 9.17) is 0 Å². The second-order valence-electron chi connectivity index (χ2n) is 3.61. The molecule has 0 aromatic heterocycles.